The molecule has 7 nitrogen and oxygen atoms in total. The van der Waals surface area contributed by atoms with Crippen LogP contribution in [0.15, 0.2) is 0 Å². The third kappa shape index (κ3) is 3.24. The Hall–Kier alpha value is -1.60. The fraction of sp³-hybridized carbons (Fsp3) is 0.667. The molecule has 1 aliphatic rings. The summed E-state index contributed by atoms with van der Waals surface area (Å²) in [5.41, 5.74) is 6.35. The molecule has 0 amide bonds. The highest BCUT2D eigenvalue weighted by Crippen LogP contribution is 2.32. The number of hydrogen-bond donors (Lipinski definition) is 2. The Bertz CT molecular complexity index is 422. The Morgan fingerprint density at radius 1 is 1.42 bits per heavy atom. The van der Waals surface area contributed by atoms with Crippen LogP contribution in [0.4, 0.5) is 11.5 Å². The topological polar surface area (TPSA) is 91.5 Å². The van der Waals surface area contributed by atoms with Gasteiger partial charge in [-0.25, -0.2) is 4.98 Å². The van der Waals surface area contributed by atoms with Gasteiger partial charge in [0.1, 0.15) is 11.8 Å². The van der Waals surface area contributed by atoms with E-state index in [-0.39, 0.29) is 6.10 Å². The quantitative estimate of drug-likeness (QED) is 0.743. The van der Waals surface area contributed by atoms with Crippen molar-refractivity contribution in [2.45, 2.75) is 18.9 Å². The minimum Gasteiger partial charge on any atom is -0.479 e. The van der Waals surface area contributed by atoms with Crippen LogP contribution in [0.5, 0.6) is 5.88 Å². The number of nitrogens with one attached hydrogen (secondary N) is 1. The van der Waals surface area contributed by atoms with Gasteiger partial charge in [-0.3, -0.25) is 0 Å². The molecule has 1 atom stereocenters. The maximum atomic E-state index is 5.95. The van der Waals surface area contributed by atoms with E-state index in [9.17, 15) is 0 Å². The number of hydrogen-bond acceptors (Lipinski definition) is 7. The lowest BCUT2D eigenvalue weighted by molar-refractivity contribution is 0.104. The van der Waals surface area contributed by atoms with Gasteiger partial charge in [-0.1, -0.05) is 0 Å². The summed E-state index contributed by atoms with van der Waals surface area (Å²) in [5, 5.41) is 3.12. The number of nitrogens with two attached hydrogens (primary N) is 1. The van der Waals surface area contributed by atoms with E-state index in [0.29, 0.717) is 36.4 Å². The van der Waals surface area contributed by atoms with Crippen molar-refractivity contribution in [3.05, 3.63) is 5.82 Å². The maximum absolute atomic E-state index is 5.95. The normalized spacial score (nSPS) is 18.5. The lowest BCUT2D eigenvalue weighted by Gasteiger charge is -2.15. The van der Waals surface area contributed by atoms with E-state index in [1.807, 2.05) is 0 Å². The van der Waals surface area contributed by atoms with Gasteiger partial charge in [-0.15, -0.1) is 0 Å². The van der Waals surface area contributed by atoms with E-state index in [1.165, 1.54) is 7.11 Å². The van der Waals surface area contributed by atoms with Crippen molar-refractivity contribution in [3.8, 4) is 5.88 Å². The Kier molecular flexibility index (Phi) is 4.75. The number of methoxy groups -OCH3 is 2. The van der Waals surface area contributed by atoms with Crippen LogP contribution in [0.2, 0.25) is 0 Å². The van der Waals surface area contributed by atoms with Crippen LogP contribution >= 0.6 is 0 Å². The molecule has 2 heterocycles. The number of nitrogen functional groups attached to an aromatic ring is 1. The molecule has 0 aliphatic carbocycles. The van der Waals surface area contributed by atoms with Gasteiger partial charge >= 0.3 is 0 Å². The SMILES string of the molecule is COCCNc1nc(C2CCCO2)nc(OC)c1N. The molecule has 0 bridgehead atoms. The molecule has 19 heavy (non-hydrogen) atoms. The molecule has 0 saturated carbocycles. The largest absolute Gasteiger partial charge is 0.479 e. The van der Waals surface area contributed by atoms with Crippen molar-refractivity contribution in [1.82, 2.24) is 9.97 Å². The van der Waals surface area contributed by atoms with Gasteiger partial charge in [0.05, 0.1) is 13.7 Å². The van der Waals surface area contributed by atoms with Crippen molar-refractivity contribution in [2.24, 2.45) is 0 Å². The van der Waals surface area contributed by atoms with Crippen molar-refractivity contribution < 1.29 is 14.2 Å². The molecule has 2 rings (SSSR count). The molecule has 1 aromatic heterocycles. The Labute approximate surface area is 112 Å². The minimum absolute atomic E-state index is 0.0718. The average molecular weight is 268 g/mol. The molecule has 1 aliphatic heterocycles. The van der Waals surface area contributed by atoms with Crippen LogP contribution in [0.25, 0.3) is 0 Å². The summed E-state index contributed by atoms with van der Waals surface area (Å²) in [6, 6.07) is 0. The highest BCUT2D eigenvalue weighted by atomic mass is 16.5. The van der Waals surface area contributed by atoms with Crippen LogP contribution in [0, 0.1) is 0 Å². The Morgan fingerprint density at radius 3 is 2.89 bits per heavy atom. The predicted octanol–water partition coefficient (Wildman–Crippen LogP) is 0.977. The lowest BCUT2D eigenvalue weighted by Crippen LogP contribution is -2.14. The Balaban J connectivity index is 2.21. The first-order valence-electron chi connectivity index (χ1n) is 6.32. The van der Waals surface area contributed by atoms with E-state index >= 15 is 0 Å². The molecule has 106 valence electrons. The van der Waals surface area contributed by atoms with Gasteiger partial charge < -0.3 is 25.3 Å². The van der Waals surface area contributed by atoms with Crippen molar-refractivity contribution in [3.63, 3.8) is 0 Å². The highest BCUT2D eigenvalue weighted by molar-refractivity contribution is 5.67. The van der Waals surface area contributed by atoms with Crippen LogP contribution in [-0.2, 0) is 9.47 Å². The summed E-state index contributed by atoms with van der Waals surface area (Å²) in [4.78, 5) is 8.73. The summed E-state index contributed by atoms with van der Waals surface area (Å²) in [7, 11) is 3.18. The van der Waals surface area contributed by atoms with Crippen molar-refractivity contribution in [1.29, 1.82) is 0 Å². The van der Waals surface area contributed by atoms with E-state index in [4.69, 9.17) is 19.9 Å². The van der Waals surface area contributed by atoms with Crippen LogP contribution in [-0.4, -0.2) is 43.9 Å². The lowest BCUT2D eigenvalue weighted by atomic mass is 10.2. The fourth-order valence-electron chi connectivity index (χ4n) is 1.95. The second-order valence-electron chi connectivity index (χ2n) is 4.27. The van der Waals surface area contributed by atoms with E-state index < -0.39 is 0 Å². The summed E-state index contributed by atoms with van der Waals surface area (Å²) >= 11 is 0. The van der Waals surface area contributed by atoms with Crippen LogP contribution in [0.1, 0.15) is 24.8 Å². The number of rotatable bonds is 6. The number of anilines is 2. The second-order valence-corrected chi connectivity index (χ2v) is 4.27. The summed E-state index contributed by atoms with van der Waals surface area (Å²) < 4.78 is 15.8. The molecule has 1 fully saturated rings. The number of ether oxygens (including phenoxy) is 3. The van der Waals surface area contributed by atoms with Crippen LogP contribution < -0.4 is 15.8 Å². The van der Waals surface area contributed by atoms with Gasteiger partial charge in [0.15, 0.2) is 11.6 Å². The zero-order valence-electron chi connectivity index (χ0n) is 11.3. The molecule has 1 saturated heterocycles. The molecule has 1 aromatic rings. The van der Waals surface area contributed by atoms with E-state index in [1.54, 1.807) is 7.11 Å². The summed E-state index contributed by atoms with van der Waals surface area (Å²) in [6.07, 6.45) is 1.87. The molecule has 7 heteroatoms. The van der Waals surface area contributed by atoms with Gasteiger partial charge in [0.2, 0.25) is 5.88 Å². The third-order valence-electron chi connectivity index (χ3n) is 2.94. The van der Waals surface area contributed by atoms with Crippen molar-refractivity contribution in [2.75, 3.05) is 45.0 Å². The first kappa shape index (κ1) is 13.8. The summed E-state index contributed by atoms with van der Waals surface area (Å²) in [5.74, 6) is 1.55. The minimum atomic E-state index is -0.0718. The molecule has 0 radical (unpaired) electrons. The zero-order chi connectivity index (χ0) is 13.7. The predicted molar refractivity (Wildman–Crippen MR) is 71.3 cm³/mol. The molecule has 3 N–H and O–H groups in total. The third-order valence-corrected chi connectivity index (χ3v) is 2.94. The van der Waals surface area contributed by atoms with Gasteiger partial charge in [-0.2, -0.15) is 4.98 Å². The smallest absolute Gasteiger partial charge is 0.242 e. The second kappa shape index (κ2) is 6.53. The van der Waals surface area contributed by atoms with Gasteiger partial charge in [-0.05, 0) is 12.8 Å². The molecule has 0 aromatic carbocycles. The summed E-state index contributed by atoms with van der Waals surface area (Å²) in [6.45, 7) is 1.93. The first-order chi connectivity index (χ1) is 9.26. The van der Waals surface area contributed by atoms with Gasteiger partial charge in [0, 0.05) is 20.3 Å². The van der Waals surface area contributed by atoms with Crippen LogP contribution in [0.3, 0.4) is 0 Å². The zero-order valence-corrected chi connectivity index (χ0v) is 11.3. The highest BCUT2D eigenvalue weighted by Gasteiger charge is 2.23. The molecule has 1 unspecified atom stereocenters. The molecular weight excluding hydrogens is 248 g/mol. The molecular formula is C12H20N4O3. The van der Waals surface area contributed by atoms with E-state index in [2.05, 4.69) is 15.3 Å². The monoisotopic (exact) mass is 268 g/mol. The van der Waals surface area contributed by atoms with Crippen molar-refractivity contribution >= 4 is 11.5 Å². The Morgan fingerprint density at radius 2 is 2.26 bits per heavy atom. The van der Waals surface area contributed by atoms with E-state index in [0.717, 1.165) is 19.4 Å². The van der Waals surface area contributed by atoms with Gasteiger partial charge in [0.25, 0.3) is 0 Å². The number of aromatic nitrogens is 2. The number of nitrogens with zero attached hydrogens (tertiary/aromatic N) is 2. The average Bonchev–Trinajstić information content (AvgIpc) is 2.95. The maximum Gasteiger partial charge on any atom is 0.242 e. The fourth-order valence-corrected chi connectivity index (χ4v) is 1.95. The standard InChI is InChI=1S/C12H20N4O3/c1-17-7-5-14-11-9(13)12(18-2)16-10(15-11)8-4-3-6-19-8/h8H,3-7,13H2,1-2H3,(H,14,15,16). The molecule has 0 spiro atoms. The first-order valence-corrected chi connectivity index (χ1v) is 6.32.